The predicted octanol–water partition coefficient (Wildman–Crippen LogP) is 5.80. The molecular weight excluding hydrogens is 414 g/mol. The molecule has 2 amide bonds. The quantitative estimate of drug-likeness (QED) is 0.530. The van der Waals surface area contributed by atoms with Crippen molar-refractivity contribution in [3.8, 4) is 10.6 Å². The number of rotatable bonds is 4. The Hall–Kier alpha value is -2.35. The SMILES string of the molecule is Cc1nc(-c2ccc(Cl)cc2)sc1C(=O)Nc1ccccc1SC(=O)N(C)C. The Balaban J connectivity index is 1.83. The third-order valence-electron chi connectivity index (χ3n) is 3.79. The summed E-state index contributed by atoms with van der Waals surface area (Å²) in [6.45, 7) is 1.81. The lowest BCUT2D eigenvalue weighted by molar-refractivity contribution is 0.102. The maximum absolute atomic E-state index is 12.8. The van der Waals surface area contributed by atoms with Crippen molar-refractivity contribution in [2.75, 3.05) is 19.4 Å². The number of aryl methyl sites for hydroxylation is 1. The Morgan fingerprint density at radius 1 is 1.11 bits per heavy atom. The summed E-state index contributed by atoms with van der Waals surface area (Å²) in [6, 6.07) is 14.6. The molecule has 0 spiro atoms. The van der Waals surface area contributed by atoms with Gasteiger partial charge in [0.25, 0.3) is 11.1 Å². The molecule has 5 nitrogen and oxygen atoms in total. The van der Waals surface area contributed by atoms with Crippen LogP contribution in [0.2, 0.25) is 5.02 Å². The van der Waals surface area contributed by atoms with E-state index in [-0.39, 0.29) is 11.1 Å². The topological polar surface area (TPSA) is 62.3 Å². The van der Waals surface area contributed by atoms with E-state index in [9.17, 15) is 9.59 Å². The van der Waals surface area contributed by atoms with Crippen LogP contribution in [0.4, 0.5) is 10.5 Å². The van der Waals surface area contributed by atoms with Gasteiger partial charge in [0.05, 0.1) is 11.4 Å². The lowest BCUT2D eigenvalue weighted by Crippen LogP contribution is -2.17. The van der Waals surface area contributed by atoms with Crippen molar-refractivity contribution in [2.24, 2.45) is 0 Å². The summed E-state index contributed by atoms with van der Waals surface area (Å²) in [5.74, 6) is -0.249. The lowest BCUT2D eigenvalue weighted by Gasteiger charge is -2.12. The van der Waals surface area contributed by atoms with Crippen LogP contribution in [0, 0.1) is 6.92 Å². The van der Waals surface area contributed by atoms with E-state index >= 15 is 0 Å². The fourth-order valence-corrected chi connectivity index (χ4v) is 4.19. The molecule has 0 saturated carbocycles. The Morgan fingerprint density at radius 2 is 1.79 bits per heavy atom. The first-order valence-corrected chi connectivity index (χ1v) is 10.4. The van der Waals surface area contributed by atoms with Gasteiger partial charge in [-0.3, -0.25) is 9.59 Å². The molecule has 1 N–H and O–H groups in total. The summed E-state index contributed by atoms with van der Waals surface area (Å²) in [5.41, 5.74) is 2.15. The number of aromatic nitrogens is 1. The zero-order valence-corrected chi connectivity index (χ0v) is 17.9. The van der Waals surface area contributed by atoms with Crippen LogP contribution < -0.4 is 5.32 Å². The molecule has 28 heavy (non-hydrogen) atoms. The monoisotopic (exact) mass is 431 g/mol. The summed E-state index contributed by atoms with van der Waals surface area (Å²) >= 11 is 8.33. The number of thiazole rings is 1. The molecule has 3 rings (SSSR count). The molecule has 0 aliphatic carbocycles. The van der Waals surface area contributed by atoms with Gasteiger partial charge in [0.2, 0.25) is 0 Å². The third-order valence-corrected chi connectivity index (χ3v) is 6.36. The normalized spacial score (nSPS) is 10.6. The summed E-state index contributed by atoms with van der Waals surface area (Å²) in [5, 5.41) is 4.20. The van der Waals surface area contributed by atoms with Gasteiger partial charge < -0.3 is 10.2 Å². The fourth-order valence-electron chi connectivity index (χ4n) is 2.35. The number of para-hydroxylation sites is 1. The van der Waals surface area contributed by atoms with E-state index in [1.165, 1.54) is 16.2 Å². The predicted molar refractivity (Wildman–Crippen MR) is 117 cm³/mol. The second-order valence-corrected chi connectivity index (χ2v) is 8.58. The van der Waals surface area contributed by atoms with Gasteiger partial charge in [0, 0.05) is 29.6 Å². The van der Waals surface area contributed by atoms with Gasteiger partial charge in [-0.15, -0.1) is 11.3 Å². The molecule has 0 unspecified atom stereocenters. The highest BCUT2D eigenvalue weighted by molar-refractivity contribution is 8.13. The van der Waals surface area contributed by atoms with Gasteiger partial charge >= 0.3 is 0 Å². The van der Waals surface area contributed by atoms with Crippen LogP contribution in [0.3, 0.4) is 0 Å². The van der Waals surface area contributed by atoms with Gasteiger partial charge in [-0.25, -0.2) is 4.98 Å². The minimum atomic E-state index is -0.249. The van der Waals surface area contributed by atoms with E-state index in [0.717, 1.165) is 22.3 Å². The van der Waals surface area contributed by atoms with Crippen molar-refractivity contribution in [2.45, 2.75) is 11.8 Å². The van der Waals surface area contributed by atoms with Crippen LogP contribution in [-0.2, 0) is 0 Å². The molecule has 0 aliphatic rings. The number of anilines is 1. The number of hydrogen-bond donors (Lipinski definition) is 1. The van der Waals surface area contributed by atoms with Gasteiger partial charge in [-0.1, -0.05) is 35.9 Å². The molecule has 144 valence electrons. The molecule has 1 aromatic heterocycles. The molecule has 0 fully saturated rings. The summed E-state index contributed by atoms with van der Waals surface area (Å²) in [7, 11) is 3.38. The van der Waals surface area contributed by atoms with Crippen molar-refractivity contribution in [3.63, 3.8) is 0 Å². The van der Waals surface area contributed by atoms with Crippen molar-refractivity contribution in [3.05, 3.63) is 64.1 Å². The van der Waals surface area contributed by atoms with Crippen molar-refractivity contribution < 1.29 is 9.59 Å². The second kappa shape index (κ2) is 8.77. The van der Waals surface area contributed by atoms with Crippen LogP contribution in [0.5, 0.6) is 0 Å². The van der Waals surface area contributed by atoms with Gasteiger partial charge in [0.15, 0.2) is 0 Å². The molecule has 0 aliphatic heterocycles. The van der Waals surface area contributed by atoms with Crippen LogP contribution in [0.15, 0.2) is 53.4 Å². The van der Waals surface area contributed by atoms with Crippen LogP contribution in [-0.4, -0.2) is 35.1 Å². The largest absolute Gasteiger partial charge is 0.339 e. The highest BCUT2D eigenvalue weighted by atomic mass is 35.5. The second-order valence-electron chi connectivity index (χ2n) is 6.15. The van der Waals surface area contributed by atoms with E-state index in [1.807, 2.05) is 24.3 Å². The van der Waals surface area contributed by atoms with Crippen molar-refractivity contribution >= 4 is 51.5 Å². The number of carbonyl (C=O) groups is 2. The van der Waals surface area contributed by atoms with Gasteiger partial charge in [0.1, 0.15) is 9.88 Å². The number of carbonyl (C=O) groups excluding carboxylic acids is 2. The van der Waals surface area contributed by atoms with E-state index in [2.05, 4.69) is 10.3 Å². The molecule has 0 bridgehead atoms. The maximum atomic E-state index is 12.8. The number of halogens is 1. The molecule has 0 radical (unpaired) electrons. The summed E-state index contributed by atoms with van der Waals surface area (Å²) < 4.78 is 0. The average Bonchev–Trinajstić information content (AvgIpc) is 3.05. The average molecular weight is 432 g/mol. The number of nitrogens with zero attached hydrogens (tertiary/aromatic N) is 2. The fraction of sp³-hybridized carbons (Fsp3) is 0.150. The van der Waals surface area contributed by atoms with Crippen LogP contribution >= 0.6 is 34.7 Å². The zero-order chi connectivity index (χ0) is 20.3. The molecule has 0 saturated heterocycles. The minimum Gasteiger partial charge on any atom is -0.339 e. The highest BCUT2D eigenvalue weighted by Gasteiger charge is 2.18. The van der Waals surface area contributed by atoms with Crippen LogP contribution in [0.25, 0.3) is 10.6 Å². The Kier molecular flexibility index (Phi) is 6.39. The number of hydrogen-bond acceptors (Lipinski definition) is 5. The maximum Gasteiger partial charge on any atom is 0.286 e. The molecule has 0 atom stereocenters. The van der Waals surface area contributed by atoms with Gasteiger partial charge in [-0.2, -0.15) is 0 Å². The molecule has 3 aromatic rings. The first-order valence-electron chi connectivity index (χ1n) is 8.38. The van der Waals surface area contributed by atoms with Crippen LogP contribution in [0.1, 0.15) is 15.4 Å². The van der Waals surface area contributed by atoms with E-state index in [1.54, 1.807) is 45.3 Å². The summed E-state index contributed by atoms with van der Waals surface area (Å²) in [6.07, 6.45) is 0. The number of thioether (sulfide) groups is 1. The highest BCUT2D eigenvalue weighted by Crippen LogP contribution is 2.32. The number of amides is 2. The van der Waals surface area contributed by atoms with Crippen molar-refractivity contribution in [1.82, 2.24) is 9.88 Å². The molecular formula is C20H18ClN3O2S2. The Morgan fingerprint density at radius 3 is 2.46 bits per heavy atom. The first kappa shape index (κ1) is 20.4. The zero-order valence-electron chi connectivity index (χ0n) is 15.5. The summed E-state index contributed by atoms with van der Waals surface area (Å²) in [4.78, 5) is 32.1. The van der Waals surface area contributed by atoms with Crippen molar-refractivity contribution in [1.29, 1.82) is 0 Å². The molecule has 8 heteroatoms. The van der Waals surface area contributed by atoms with E-state index in [0.29, 0.717) is 26.2 Å². The van der Waals surface area contributed by atoms with E-state index in [4.69, 9.17) is 11.6 Å². The number of benzene rings is 2. The number of nitrogens with one attached hydrogen (secondary N) is 1. The lowest BCUT2D eigenvalue weighted by atomic mass is 10.2. The molecule has 1 heterocycles. The standard InChI is InChI=1S/C20H18ClN3O2S2/c1-12-17(28-19(22-12)13-8-10-14(21)11-9-13)18(25)23-15-6-4-5-7-16(15)27-20(26)24(2)3/h4-11H,1-3H3,(H,23,25). The van der Waals surface area contributed by atoms with E-state index < -0.39 is 0 Å². The first-order chi connectivity index (χ1) is 13.3. The smallest absolute Gasteiger partial charge is 0.286 e. The molecule has 2 aromatic carbocycles. The third kappa shape index (κ3) is 4.73. The Labute approximate surface area is 176 Å². The van der Waals surface area contributed by atoms with Gasteiger partial charge in [-0.05, 0) is 43.0 Å². The Bertz CT molecular complexity index is 1020. The minimum absolute atomic E-state index is 0.110.